The van der Waals surface area contributed by atoms with E-state index in [1.54, 1.807) is 19.2 Å². The maximum absolute atomic E-state index is 12.2. The Morgan fingerprint density at radius 2 is 1.79 bits per heavy atom. The van der Waals surface area contributed by atoms with Crippen LogP contribution in [0, 0.1) is 13.8 Å². The molecule has 2 aromatic carbocycles. The van der Waals surface area contributed by atoms with Gasteiger partial charge in [-0.3, -0.25) is 4.79 Å². The number of hydrogen-bond donors (Lipinski definition) is 1. The zero-order valence-electron chi connectivity index (χ0n) is 14.8. The van der Waals surface area contributed by atoms with Crippen molar-refractivity contribution in [3.05, 3.63) is 59.2 Å². The Bertz CT molecular complexity index is 697. The van der Waals surface area contributed by atoms with Gasteiger partial charge in [-0.05, 0) is 49.1 Å². The largest absolute Gasteiger partial charge is 0.493 e. The zero-order valence-corrected chi connectivity index (χ0v) is 14.8. The molecule has 0 saturated carbocycles. The summed E-state index contributed by atoms with van der Waals surface area (Å²) in [4.78, 5) is 12.2. The van der Waals surface area contributed by atoms with Crippen molar-refractivity contribution in [3.63, 3.8) is 0 Å². The number of aryl methyl sites for hydroxylation is 2. The van der Waals surface area contributed by atoms with E-state index in [1.165, 1.54) is 11.1 Å². The number of methoxy groups -OCH3 is 1. The molecule has 0 aliphatic carbocycles. The lowest BCUT2D eigenvalue weighted by atomic mass is 9.99. The Hall–Kier alpha value is -2.49. The standard InChI is InChI=1S/C20H25NO3/c1-5-17(16-11-10-14(2)15(3)12-16)21-20(22)13-24-19-9-7-6-8-18(19)23-4/h6-12,17H,5,13H2,1-4H3,(H,21,22)/t17-/m1/s1. The maximum atomic E-state index is 12.2. The molecule has 1 N–H and O–H groups in total. The molecule has 128 valence electrons. The minimum Gasteiger partial charge on any atom is -0.493 e. The van der Waals surface area contributed by atoms with E-state index in [0.717, 1.165) is 12.0 Å². The molecule has 0 aromatic heterocycles. The van der Waals surface area contributed by atoms with Crippen LogP contribution in [0.3, 0.4) is 0 Å². The molecular formula is C20H25NO3. The predicted octanol–water partition coefficient (Wildman–Crippen LogP) is 3.96. The van der Waals surface area contributed by atoms with Crippen LogP contribution in [0.25, 0.3) is 0 Å². The lowest BCUT2D eigenvalue weighted by Crippen LogP contribution is -2.32. The van der Waals surface area contributed by atoms with Crippen LogP contribution in [0.15, 0.2) is 42.5 Å². The van der Waals surface area contributed by atoms with Gasteiger partial charge >= 0.3 is 0 Å². The number of ether oxygens (including phenoxy) is 2. The summed E-state index contributed by atoms with van der Waals surface area (Å²) in [5, 5.41) is 3.03. The Balaban J connectivity index is 1.98. The molecule has 4 nitrogen and oxygen atoms in total. The second-order valence-electron chi connectivity index (χ2n) is 5.81. The molecule has 0 spiro atoms. The quantitative estimate of drug-likeness (QED) is 0.837. The van der Waals surface area contributed by atoms with Crippen LogP contribution in [0.2, 0.25) is 0 Å². The van der Waals surface area contributed by atoms with Gasteiger partial charge < -0.3 is 14.8 Å². The van der Waals surface area contributed by atoms with Crippen molar-refractivity contribution in [2.24, 2.45) is 0 Å². The normalized spacial score (nSPS) is 11.7. The Labute approximate surface area is 143 Å². The first-order chi connectivity index (χ1) is 11.5. The first-order valence-corrected chi connectivity index (χ1v) is 8.17. The van der Waals surface area contributed by atoms with Gasteiger partial charge in [0.15, 0.2) is 18.1 Å². The van der Waals surface area contributed by atoms with Gasteiger partial charge in [0.05, 0.1) is 13.2 Å². The minimum absolute atomic E-state index is 0.0157. The minimum atomic E-state index is -0.147. The molecule has 24 heavy (non-hydrogen) atoms. The van der Waals surface area contributed by atoms with Crippen molar-refractivity contribution in [2.75, 3.05) is 13.7 Å². The Morgan fingerprint density at radius 1 is 1.08 bits per heavy atom. The van der Waals surface area contributed by atoms with E-state index in [9.17, 15) is 4.79 Å². The summed E-state index contributed by atoms with van der Waals surface area (Å²) >= 11 is 0. The molecule has 1 amide bonds. The summed E-state index contributed by atoms with van der Waals surface area (Å²) in [6, 6.07) is 13.6. The Morgan fingerprint density at radius 3 is 2.42 bits per heavy atom. The number of benzene rings is 2. The van der Waals surface area contributed by atoms with E-state index in [1.807, 2.05) is 12.1 Å². The highest BCUT2D eigenvalue weighted by atomic mass is 16.5. The lowest BCUT2D eigenvalue weighted by molar-refractivity contribution is -0.123. The van der Waals surface area contributed by atoms with Crippen molar-refractivity contribution in [3.8, 4) is 11.5 Å². The molecule has 0 unspecified atom stereocenters. The van der Waals surface area contributed by atoms with E-state index in [4.69, 9.17) is 9.47 Å². The molecule has 0 fully saturated rings. The summed E-state index contributed by atoms with van der Waals surface area (Å²) in [7, 11) is 1.58. The van der Waals surface area contributed by atoms with Gasteiger partial charge in [-0.1, -0.05) is 37.3 Å². The van der Waals surface area contributed by atoms with Gasteiger partial charge in [0.2, 0.25) is 0 Å². The molecule has 0 radical (unpaired) electrons. The number of nitrogens with one attached hydrogen (secondary N) is 1. The van der Waals surface area contributed by atoms with E-state index < -0.39 is 0 Å². The highest BCUT2D eigenvalue weighted by Gasteiger charge is 2.14. The van der Waals surface area contributed by atoms with Crippen LogP contribution >= 0.6 is 0 Å². The molecule has 4 heteroatoms. The number of amides is 1. The second-order valence-corrected chi connectivity index (χ2v) is 5.81. The van der Waals surface area contributed by atoms with Crippen LogP contribution in [0.1, 0.15) is 36.1 Å². The van der Waals surface area contributed by atoms with Gasteiger partial charge in [-0.2, -0.15) is 0 Å². The van der Waals surface area contributed by atoms with Crippen molar-refractivity contribution >= 4 is 5.91 Å². The van der Waals surface area contributed by atoms with Crippen molar-refractivity contribution in [1.29, 1.82) is 0 Å². The molecule has 2 aromatic rings. The molecule has 1 atom stereocenters. The van der Waals surface area contributed by atoms with Crippen LogP contribution in [0.4, 0.5) is 0 Å². The number of carbonyl (C=O) groups is 1. The monoisotopic (exact) mass is 327 g/mol. The maximum Gasteiger partial charge on any atom is 0.258 e. The number of para-hydroxylation sites is 2. The molecule has 0 aliphatic heterocycles. The van der Waals surface area contributed by atoms with Gasteiger partial charge in [0, 0.05) is 0 Å². The number of rotatable bonds is 7. The summed E-state index contributed by atoms with van der Waals surface area (Å²) in [5.74, 6) is 1.03. The fraction of sp³-hybridized carbons (Fsp3) is 0.350. The molecule has 2 rings (SSSR count). The van der Waals surface area contributed by atoms with E-state index in [2.05, 4.69) is 44.3 Å². The van der Waals surface area contributed by atoms with Gasteiger partial charge in [0.1, 0.15) is 0 Å². The molecule has 0 aliphatic rings. The third kappa shape index (κ3) is 4.51. The molecular weight excluding hydrogens is 302 g/mol. The van der Waals surface area contributed by atoms with E-state index in [0.29, 0.717) is 11.5 Å². The first-order valence-electron chi connectivity index (χ1n) is 8.17. The number of hydrogen-bond acceptors (Lipinski definition) is 3. The molecule has 0 bridgehead atoms. The third-order valence-corrected chi connectivity index (χ3v) is 4.10. The topological polar surface area (TPSA) is 47.6 Å². The Kier molecular flexibility index (Phi) is 6.24. The third-order valence-electron chi connectivity index (χ3n) is 4.10. The van der Waals surface area contributed by atoms with Crippen LogP contribution < -0.4 is 14.8 Å². The average molecular weight is 327 g/mol. The lowest BCUT2D eigenvalue weighted by Gasteiger charge is -2.19. The summed E-state index contributed by atoms with van der Waals surface area (Å²) < 4.78 is 10.8. The number of carbonyl (C=O) groups excluding carboxylic acids is 1. The van der Waals surface area contributed by atoms with Crippen molar-refractivity contribution in [2.45, 2.75) is 33.2 Å². The van der Waals surface area contributed by atoms with Gasteiger partial charge in [-0.25, -0.2) is 0 Å². The van der Waals surface area contributed by atoms with E-state index in [-0.39, 0.29) is 18.6 Å². The van der Waals surface area contributed by atoms with Crippen LogP contribution in [-0.4, -0.2) is 19.6 Å². The van der Waals surface area contributed by atoms with E-state index >= 15 is 0 Å². The van der Waals surface area contributed by atoms with Crippen molar-refractivity contribution < 1.29 is 14.3 Å². The van der Waals surface area contributed by atoms with Crippen LogP contribution in [-0.2, 0) is 4.79 Å². The molecule has 0 saturated heterocycles. The van der Waals surface area contributed by atoms with Crippen molar-refractivity contribution in [1.82, 2.24) is 5.32 Å². The fourth-order valence-electron chi connectivity index (χ4n) is 2.52. The molecule has 0 heterocycles. The average Bonchev–Trinajstić information content (AvgIpc) is 2.60. The SMILES string of the molecule is CC[C@@H](NC(=O)COc1ccccc1OC)c1ccc(C)c(C)c1. The predicted molar refractivity (Wildman–Crippen MR) is 95.6 cm³/mol. The summed E-state index contributed by atoms with van der Waals surface area (Å²) in [5.41, 5.74) is 3.59. The first kappa shape index (κ1) is 17.9. The highest BCUT2D eigenvalue weighted by molar-refractivity contribution is 5.78. The second kappa shape index (κ2) is 8.39. The smallest absolute Gasteiger partial charge is 0.258 e. The van der Waals surface area contributed by atoms with Gasteiger partial charge in [0.25, 0.3) is 5.91 Å². The highest BCUT2D eigenvalue weighted by Crippen LogP contribution is 2.25. The van der Waals surface area contributed by atoms with Gasteiger partial charge in [-0.15, -0.1) is 0 Å². The van der Waals surface area contributed by atoms with Crippen LogP contribution in [0.5, 0.6) is 11.5 Å². The fourth-order valence-corrected chi connectivity index (χ4v) is 2.52. The summed E-state index contributed by atoms with van der Waals surface area (Å²) in [6.07, 6.45) is 0.822. The summed E-state index contributed by atoms with van der Waals surface area (Å²) in [6.45, 7) is 6.18. The zero-order chi connectivity index (χ0) is 17.5.